The van der Waals surface area contributed by atoms with E-state index in [4.69, 9.17) is 5.73 Å². The average Bonchev–Trinajstić information content (AvgIpc) is 2.20. The highest BCUT2D eigenvalue weighted by atomic mass is 79.9. The molecule has 1 heterocycles. The van der Waals surface area contributed by atoms with Crippen LogP contribution in [0.5, 0.6) is 0 Å². The Balaban J connectivity index is 2.54. The van der Waals surface area contributed by atoms with Crippen molar-refractivity contribution >= 4 is 37.7 Å². The molecule has 0 fully saturated rings. The zero-order valence-corrected chi connectivity index (χ0v) is 11.7. The Hall–Kier alpha value is -0.940. The second-order valence-electron chi connectivity index (χ2n) is 3.39. The first-order valence-corrected chi connectivity index (χ1v) is 6.21. The van der Waals surface area contributed by atoms with Crippen LogP contribution in [0.3, 0.4) is 0 Å². The molecular weight excluding hydrogens is 334 g/mol. The summed E-state index contributed by atoms with van der Waals surface area (Å²) in [7, 11) is 0. The summed E-state index contributed by atoms with van der Waals surface area (Å²) in [6, 6.07) is 7.60. The van der Waals surface area contributed by atoms with Crippen LogP contribution in [-0.4, -0.2) is 9.97 Å². The van der Waals surface area contributed by atoms with Gasteiger partial charge in [-0.15, -0.1) is 0 Å². The van der Waals surface area contributed by atoms with Crippen molar-refractivity contribution in [1.82, 2.24) is 9.97 Å². The molecule has 3 nitrogen and oxygen atoms in total. The van der Waals surface area contributed by atoms with Crippen molar-refractivity contribution in [2.75, 3.05) is 5.73 Å². The summed E-state index contributed by atoms with van der Waals surface area (Å²) in [4.78, 5) is 8.55. The molecule has 0 saturated carbocycles. The Kier molecular flexibility index (Phi) is 3.25. The number of anilines is 1. The topological polar surface area (TPSA) is 51.8 Å². The number of nitrogen functional groups attached to an aromatic ring is 1. The Morgan fingerprint density at radius 3 is 2.44 bits per heavy atom. The van der Waals surface area contributed by atoms with E-state index in [2.05, 4.69) is 41.8 Å². The van der Waals surface area contributed by atoms with E-state index in [1.165, 1.54) is 0 Å². The monoisotopic (exact) mass is 341 g/mol. The van der Waals surface area contributed by atoms with Gasteiger partial charge >= 0.3 is 0 Å². The van der Waals surface area contributed by atoms with Crippen LogP contribution in [0.1, 0.15) is 5.69 Å². The number of hydrogen-bond acceptors (Lipinski definition) is 3. The van der Waals surface area contributed by atoms with Gasteiger partial charge in [-0.2, -0.15) is 0 Å². The predicted octanol–water partition coefficient (Wildman–Crippen LogP) is 3.56. The van der Waals surface area contributed by atoms with E-state index in [1.807, 2.05) is 25.1 Å². The first-order valence-electron chi connectivity index (χ1n) is 4.63. The predicted molar refractivity (Wildman–Crippen MR) is 72.0 cm³/mol. The van der Waals surface area contributed by atoms with E-state index in [0.29, 0.717) is 11.6 Å². The fourth-order valence-corrected chi connectivity index (χ4v) is 1.98. The molecule has 2 rings (SSSR count). The number of aromatic nitrogens is 2. The third-order valence-electron chi connectivity index (χ3n) is 2.05. The van der Waals surface area contributed by atoms with Crippen molar-refractivity contribution in [3.8, 4) is 11.4 Å². The molecule has 16 heavy (non-hydrogen) atoms. The number of rotatable bonds is 1. The van der Waals surface area contributed by atoms with Crippen molar-refractivity contribution in [3.63, 3.8) is 0 Å². The quantitative estimate of drug-likeness (QED) is 0.862. The number of nitrogens with zero attached hydrogens (tertiary/aromatic N) is 2. The summed E-state index contributed by atoms with van der Waals surface area (Å²) < 4.78 is 1.96. The van der Waals surface area contributed by atoms with Crippen molar-refractivity contribution in [3.05, 3.63) is 38.9 Å². The standard InChI is InChI=1S/C11H9Br2N3/c1-6-4-10(14)16-11(15-6)7-2-3-8(12)9(13)5-7/h2-5H,1H3,(H2,14,15,16). The molecule has 0 aliphatic rings. The van der Waals surface area contributed by atoms with Gasteiger partial charge in [-0.1, -0.05) is 0 Å². The van der Waals surface area contributed by atoms with E-state index in [9.17, 15) is 0 Å². The molecule has 5 heteroatoms. The third kappa shape index (κ3) is 2.41. The molecule has 1 aromatic heterocycles. The molecule has 0 spiro atoms. The molecule has 0 saturated heterocycles. The summed E-state index contributed by atoms with van der Waals surface area (Å²) in [5.74, 6) is 1.13. The van der Waals surface area contributed by atoms with E-state index < -0.39 is 0 Å². The minimum absolute atomic E-state index is 0.488. The fourth-order valence-electron chi connectivity index (χ4n) is 1.36. The van der Waals surface area contributed by atoms with Crippen LogP contribution < -0.4 is 5.73 Å². The summed E-state index contributed by atoms with van der Waals surface area (Å²) in [5, 5.41) is 0. The lowest BCUT2D eigenvalue weighted by molar-refractivity contribution is 1.12. The van der Waals surface area contributed by atoms with Gasteiger partial charge in [0.15, 0.2) is 5.82 Å². The summed E-state index contributed by atoms with van der Waals surface area (Å²) in [6.07, 6.45) is 0. The van der Waals surface area contributed by atoms with Crippen LogP contribution in [0.15, 0.2) is 33.2 Å². The molecule has 0 bridgehead atoms. The number of aryl methyl sites for hydroxylation is 1. The van der Waals surface area contributed by atoms with Gasteiger partial charge in [0, 0.05) is 26.3 Å². The smallest absolute Gasteiger partial charge is 0.161 e. The van der Waals surface area contributed by atoms with E-state index in [-0.39, 0.29) is 0 Å². The fraction of sp³-hybridized carbons (Fsp3) is 0.0909. The van der Waals surface area contributed by atoms with Gasteiger partial charge in [-0.25, -0.2) is 9.97 Å². The number of benzene rings is 1. The molecular formula is C11H9Br2N3. The van der Waals surface area contributed by atoms with Gasteiger partial charge in [0.05, 0.1) is 0 Å². The molecule has 2 aromatic rings. The second-order valence-corrected chi connectivity index (χ2v) is 5.10. The minimum atomic E-state index is 0.488. The van der Waals surface area contributed by atoms with Gasteiger partial charge in [0.1, 0.15) is 5.82 Å². The minimum Gasteiger partial charge on any atom is -0.384 e. The van der Waals surface area contributed by atoms with Crippen LogP contribution in [0.2, 0.25) is 0 Å². The molecule has 0 amide bonds. The van der Waals surface area contributed by atoms with Crippen LogP contribution in [-0.2, 0) is 0 Å². The van der Waals surface area contributed by atoms with Gasteiger partial charge in [-0.3, -0.25) is 0 Å². The summed E-state index contributed by atoms with van der Waals surface area (Å²) in [5.41, 5.74) is 7.49. The molecule has 0 atom stereocenters. The highest BCUT2D eigenvalue weighted by Crippen LogP contribution is 2.27. The molecule has 82 valence electrons. The second kappa shape index (κ2) is 4.51. The Labute approximate surface area is 110 Å². The van der Waals surface area contributed by atoms with E-state index >= 15 is 0 Å². The third-order valence-corrected chi connectivity index (χ3v) is 3.93. The molecule has 0 radical (unpaired) electrons. The van der Waals surface area contributed by atoms with E-state index in [1.54, 1.807) is 6.07 Å². The molecule has 0 unspecified atom stereocenters. The van der Waals surface area contributed by atoms with Gasteiger partial charge < -0.3 is 5.73 Å². The van der Waals surface area contributed by atoms with Gasteiger partial charge in [-0.05, 0) is 57.0 Å². The lowest BCUT2D eigenvalue weighted by atomic mass is 10.2. The van der Waals surface area contributed by atoms with Crippen LogP contribution in [0.4, 0.5) is 5.82 Å². The van der Waals surface area contributed by atoms with Crippen molar-refractivity contribution in [1.29, 1.82) is 0 Å². The normalized spacial score (nSPS) is 10.4. The SMILES string of the molecule is Cc1cc(N)nc(-c2ccc(Br)c(Br)c2)n1. The number of hydrogen-bond donors (Lipinski definition) is 1. The Bertz CT molecular complexity index is 520. The molecule has 1 aromatic carbocycles. The first kappa shape index (κ1) is 11.5. The van der Waals surface area contributed by atoms with Crippen LogP contribution in [0.25, 0.3) is 11.4 Å². The summed E-state index contributed by atoms with van der Waals surface area (Å²) >= 11 is 6.87. The molecule has 0 aliphatic heterocycles. The van der Waals surface area contributed by atoms with Gasteiger partial charge in [0.25, 0.3) is 0 Å². The highest BCUT2D eigenvalue weighted by molar-refractivity contribution is 9.13. The summed E-state index contributed by atoms with van der Waals surface area (Å²) in [6.45, 7) is 1.90. The molecule has 2 N–H and O–H groups in total. The lowest BCUT2D eigenvalue weighted by Gasteiger charge is -2.04. The average molecular weight is 343 g/mol. The zero-order chi connectivity index (χ0) is 11.7. The number of nitrogens with two attached hydrogens (primary N) is 1. The van der Waals surface area contributed by atoms with Crippen LogP contribution in [0, 0.1) is 6.92 Å². The Morgan fingerprint density at radius 2 is 1.81 bits per heavy atom. The van der Waals surface area contributed by atoms with E-state index in [0.717, 1.165) is 20.2 Å². The van der Waals surface area contributed by atoms with Crippen LogP contribution >= 0.6 is 31.9 Å². The maximum Gasteiger partial charge on any atom is 0.161 e. The first-order chi connectivity index (χ1) is 7.56. The maximum absolute atomic E-state index is 5.69. The van der Waals surface area contributed by atoms with Crippen molar-refractivity contribution in [2.24, 2.45) is 0 Å². The Morgan fingerprint density at radius 1 is 1.06 bits per heavy atom. The number of halogens is 2. The molecule has 0 aliphatic carbocycles. The largest absolute Gasteiger partial charge is 0.384 e. The maximum atomic E-state index is 5.69. The lowest BCUT2D eigenvalue weighted by Crippen LogP contribution is -1.97. The highest BCUT2D eigenvalue weighted by Gasteiger charge is 2.05. The zero-order valence-electron chi connectivity index (χ0n) is 8.54. The van der Waals surface area contributed by atoms with Crippen molar-refractivity contribution in [2.45, 2.75) is 6.92 Å². The van der Waals surface area contributed by atoms with Gasteiger partial charge in [0.2, 0.25) is 0 Å². The van der Waals surface area contributed by atoms with Crippen molar-refractivity contribution < 1.29 is 0 Å².